The number of hydrogen-bond donors (Lipinski definition) is 8. The van der Waals surface area contributed by atoms with Crippen molar-refractivity contribution in [3.63, 3.8) is 0 Å². The molecule has 0 radical (unpaired) electrons. The molecule has 8 heterocycles. The van der Waals surface area contributed by atoms with E-state index in [1.807, 2.05) is 22.6 Å². The number of fused-ring (bicyclic) bond motifs is 2. The lowest BCUT2D eigenvalue weighted by Gasteiger charge is -2.30. The summed E-state index contributed by atoms with van der Waals surface area (Å²) < 4.78 is 50.6. The van der Waals surface area contributed by atoms with Crippen LogP contribution in [0.1, 0.15) is 56.8 Å². The molecule has 0 bridgehead atoms. The zero-order valence-electron chi connectivity index (χ0n) is 41.0. The minimum Gasteiger partial charge on any atom is -0.410 e. The van der Waals surface area contributed by atoms with Crippen LogP contribution in [-0.4, -0.2) is 168 Å². The second kappa shape index (κ2) is 25.5. The summed E-state index contributed by atoms with van der Waals surface area (Å²) in [4.78, 5) is 52.6. The third-order valence-corrected chi connectivity index (χ3v) is 13.7. The first-order chi connectivity index (χ1) is 37.0. The molecular weight excluding hydrogens is 1130 g/mol. The molecule has 4 fully saturated rings. The topological polar surface area (TPSA) is 338 Å². The molecule has 0 saturated carbocycles. The molecule has 27 heteroatoms. The number of nitrogen functional groups attached to an aromatic ring is 2. The number of piperidine rings is 2. The monoisotopic (exact) mass is 1180 g/mol. The van der Waals surface area contributed by atoms with E-state index < -0.39 is 74.2 Å². The molecule has 2 amide bonds. The summed E-state index contributed by atoms with van der Waals surface area (Å²) in [5.74, 6) is 9.83. The quantitative estimate of drug-likeness (QED) is 0.0616. The van der Waals surface area contributed by atoms with Crippen LogP contribution in [0.15, 0.2) is 61.2 Å². The molecule has 2 aromatic carbocycles. The number of aliphatic hydroxyl groups is 6. The average Bonchev–Trinajstić information content (AvgIpc) is 4.28. The number of aromatic nitrogens is 8. The Morgan fingerprint density at radius 3 is 1.52 bits per heavy atom. The number of rotatable bonds is 8. The molecule has 77 heavy (non-hydrogen) atoms. The fraction of sp³-hybridized carbons (Fsp3) is 0.440. The van der Waals surface area contributed by atoms with Crippen LogP contribution in [0.3, 0.4) is 0 Å². The van der Waals surface area contributed by atoms with Crippen molar-refractivity contribution in [3.05, 3.63) is 82.5 Å². The molecule has 0 aliphatic carbocycles. The van der Waals surface area contributed by atoms with E-state index in [-0.39, 0.29) is 40.9 Å². The number of carbonyl (C=O) groups excluding carboxylic acids is 2. The lowest BCUT2D eigenvalue weighted by Crippen LogP contribution is -2.40. The molecule has 24 nitrogen and oxygen atoms in total. The number of benzene rings is 2. The molecule has 10 N–H and O–H groups in total. The third kappa shape index (κ3) is 13.4. The first-order valence-electron chi connectivity index (χ1n) is 24.3. The fourth-order valence-corrected chi connectivity index (χ4v) is 9.40. The molecule has 2 unspecified atom stereocenters. The highest BCUT2D eigenvalue weighted by Gasteiger charge is 2.45. The number of carbonyl (C=O) groups is 2. The highest BCUT2D eigenvalue weighted by molar-refractivity contribution is 14.1. The molecule has 8 atom stereocenters. The minimum absolute atomic E-state index is 0.109. The Kier molecular flexibility index (Phi) is 18.6. The van der Waals surface area contributed by atoms with Crippen LogP contribution < -0.4 is 20.9 Å². The summed E-state index contributed by atoms with van der Waals surface area (Å²) in [6.45, 7) is 1.51. The van der Waals surface area contributed by atoms with E-state index in [9.17, 15) is 43.9 Å². The van der Waals surface area contributed by atoms with Gasteiger partial charge in [-0.05, 0) is 92.0 Å². The highest BCUT2D eigenvalue weighted by Crippen LogP contribution is 2.34. The number of ether oxygens (including phenoxy) is 4. The number of likely N-dealkylation sites (tertiary alicyclic amines) is 2. The zero-order valence-corrected chi connectivity index (χ0v) is 43.2. The predicted octanol–water partition coefficient (Wildman–Crippen LogP) is 2.50. The Morgan fingerprint density at radius 1 is 0.662 bits per heavy atom. The highest BCUT2D eigenvalue weighted by atomic mass is 127. The zero-order chi connectivity index (χ0) is 54.9. The van der Waals surface area contributed by atoms with Gasteiger partial charge in [0.05, 0.1) is 25.9 Å². The summed E-state index contributed by atoms with van der Waals surface area (Å²) in [6, 6.07) is 10.7. The van der Waals surface area contributed by atoms with Gasteiger partial charge in [0.15, 0.2) is 39.2 Å². The Morgan fingerprint density at radius 2 is 1.09 bits per heavy atom. The maximum Gasteiger partial charge on any atom is 0.415 e. The van der Waals surface area contributed by atoms with Crippen molar-refractivity contribution >= 4 is 68.7 Å². The molecule has 6 aromatic rings. The molecule has 4 aliphatic rings. The van der Waals surface area contributed by atoms with Crippen molar-refractivity contribution in [1.29, 1.82) is 0 Å². The molecule has 4 aromatic heterocycles. The molecule has 0 spiro atoms. The Balaban J connectivity index is 0.000000169. The van der Waals surface area contributed by atoms with Gasteiger partial charge >= 0.3 is 12.2 Å². The van der Waals surface area contributed by atoms with Gasteiger partial charge in [-0.25, -0.2) is 48.3 Å². The molecule has 4 aliphatic heterocycles. The summed E-state index contributed by atoms with van der Waals surface area (Å²) in [5, 5.41) is 58.7. The van der Waals surface area contributed by atoms with Gasteiger partial charge in [0.25, 0.3) is 0 Å². The van der Waals surface area contributed by atoms with Gasteiger partial charge in [-0.1, -0.05) is 5.92 Å². The maximum atomic E-state index is 13.0. The van der Waals surface area contributed by atoms with Crippen molar-refractivity contribution in [3.8, 4) is 35.7 Å². The summed E-state index contributed by atoms with van der Waals surface area (Å²) >= 11 is 1.92. The van der Waals surface area contributed by atoms with Gasteiger partial charge in [-0.2, -0.15) is 0 Å². The Hall–Kier alpha value is -6.93. The third-order valence-electron chi connectivity index (χ3n) is 13.2. The second-order valence-corrected chi connectivity index (χ2v) is 19.3. The molecule has 10 rings (SSSR count). The Labute approximate surface area is 452 Å². The number of nitrogens with two attached hydrogens (primary N) is 2. The predicted molar refractivity (Wildman–Crippen MR) is 277 cm³/mol. The number of amides is 2. The minimum atomic E-state index is -1.30. The van der Waals surface area contributed by atoms with Crippen LogP contribution in [0, 0.1) is 51.5 Å². The van der Waals surface area contributed by atoms with E-state index in [0.717, 1.165) is 32.1 Å². The van der Waals surface area contributed by atoms with Crippen molar-refractivity contribution in [2.24, 2.45) is 11.8 Å². The van der Waals surface area contributed by atoms with Gasteiger partial charge in [0, 0.05) is 61.6 Å². The maximum absolute atomic E-state index is 13.0. The molecular formula is C50H55F2IN12O12. The van der Waals surface area contributed by atoms with E-state index in [1.54, 1.807) is 9.80 Å². The normalized spacial score (nSPS) is 23.5. The van der Waals surface area contributed by atoms with E-state index >= 15 is 0 Å². The average molecular weight is 1180 g/mol. The van der Waals surface area contributed by atoms with Crippen molar-refractivity contribution in [2.45, 2.75) is 87.6 Å². The summed E-state index contributed by atoms with van der Waals surface area (Å²) in [5.41, 5.74) is 13.2. The number of nitrogens with zero attached hydrogens (tertiary/aromatic N) is 10. The number of halogens is 3. The van der Waals surface area contributed by atoms with Crippen molar-refractivity contribution < 1.29 is 68.0 Å². The van der Waals surface area contributed by atoms with Gasteiger partial charge in [0.1, 0.15) is 70.8 Å². The van der Waals surface area contributed by atoms with Crippen LogP contribution in [0.25, 0.3) is 22.3 Å². The van der Waals surface area contributed by atoms with Gasteiger partial charge in [-0.3, -0.25) is 9.13 Å². The molecule has 408 valence electrons. The van der Waals surface area contributed by atoms with E-state index in [2.05, 4.69) is 47.7 Å². The first-order valence-corrected chi connectivity index (χ1v) is 25.4. The number of anilines is 2. The van der Waals surface area contributed by atoms with Gasteiger partial charge in [0.2, 0.25) is 5.82 Å². The van der Waals surface area contributed by atoms with Crippen LogP contribution in [0.2, 0.25) is 0 Å². The first kappa shape index (κ1) is 56.3. The Bertz CT molecular complexity index is 3110. The van der Waals surface area contributed by atoms with Crippen LogP contribution in [0.4, 0.5) is 30.0 Å². The smallest absolute Gasteiger partial charge is 0.410 e. The number of imidazole rings is 2. The van der Waals surface area contributed by atoms with Crippen molar-refractivity contribution in [2.75, 3.05) is 50.9 Å². The van der Waals surface area contributed by atoms with E-state index in [1.165, 1.54) is 70.3 Å². The van der Waals surface area contributed by atoms with Crippen LogP contribution in [0.5, 0.6) is 11.5 Å². The summed E-state index contributed by atoms with van der Waals surface area (Å²) in [6.07, 6.45) is 3.20. The van der Waals surface area contributed by atoms with Gasteiger partial charge in [-0.15, -0.1) is 12.3 Å². The second-order valence-electron chi connectivity index (χ2n) is 18.3. The number of hydrogen-bond acceptors (Lipinski definition) is 20. The number of aliphatic hydroxyl groups excluding tert-OH is 6. The lowest BCUT2D eigenvalue weighted by atomic mass is 9.94. The van der Waals surface area contributed by atoms with Crippen LogP contribution >= 0.6 is 22.6 Å². The van der Waals surface area contributed by atoms with Crippen LogP contribution in [-0.2, 0) is 9.47 Å². The summed E-state index contributed by atoms with van der Waals surface area (Å²) in [7, 11) is 0. The van der Waals surface area contributed by atoms with Gasteiger partial charge < -0.3 is 70.9 Å². The number of terminal acetylenes is 1. The fourth-order valence-electron chi connectivity index (χ4n) is 8.91. The largest absolute Gasteiger partial charge is 0.415 e. The van der Waals surface area contributed by atoms with E-state index in [4.69, 9.17) is 41.9 Å². The standard InChI is InChI=1S/C25H27FN6O6.C15H16FNO2.C10H12IN5O4/c26-15-4-6-16(7-5-15)37-25(36)31-10-8-14(9-11-31)2-1-3-18-29-22(27)19-23(30-18)32(13-28-19)24-21(35)20(34)17(12-33)38-24;1-2-3-12-8-10-17(11-9-12)15(18)19-14-6-4-13(16)5-7-14;11-10-14-7(12)4-8(15-10)16(2-13-4)9-6(19)5(18)3(1-17)20-9/h4-7,13-14,17,20-21,24,33-35H,2,8-12H2,(H2,27,29,30);1,4-7,12H,3,8-11H2;2-3,5-6,9,17-19H,1H2,(H2,12,14,15)/t17-,20?,21+,24-;;3-,5?,6+,9-/m1.1/s1. The SMILES string of the molecule is C#CCC1CCN(C(=O)Oc2ccc(F)cc2)CC1.Nc1nc(C#CCC2CCN(C(=O)Oc3ccc(F)cc3)CC2)nc2c1ncn2[C@@H]1O[C@H](CO)C(O)[C@@H]1O.Nc1nc(I)nc2c1ncn2[C@@H]1O[C@H](CO)C(O)[C@@H]1O. The molecule has 4 saturated heterocycles. The van der Waals surface area contributed by atoms with E-state index in [0.29, 0.717) is 70.5 Å². The lowest BCUT2D eigenvalue weighted by molar-refractivity contribution is -0.0511. The van der Waals surface area contributed by atoms with Crippen molar-refractivity contribution in [1.82, 2.24) is 48.8 Å².